The van der Waals surface area contributed by atoms with E-state index in [4.69, 9.17) is 11.6 Å². The maximum atomic E-state index is 5.64. The largest absolute Gasteiger partial charge is 0.303 e. The van der Waals surface area contributed by atoms with Crippen LogP contribution in [-0.2, 0) is 0 Å². The quantitative estimate of drug-likeness (QED) is 0.584. The predicted octanol–water partition coefficient (Wildman–Crippen LogP) is 2.59. The van der Waals surface area contributed by atoms with E-state index < -0.39 is 0 Å². The lowest BCUT2D eigenvalue weighted by Crippen LogP contribution is -2.31. The summed E-state index contributed by atoms with van der Waals surface area (Å²) < 4.78 is 0. The molecule has 0 spiro atoms. The lowest BCUT2D eigenvalue weighted by atomic mass is 10.0. The van der Waals surface area contributed by atoms with Crippen LogP contribution in [0.3, 0.4) is 0 Å². The summed E-state index contributed by atoms with van der Waals surface area (Å²) in [5, 5.41) is 0. The first kappa shape index (κ1) is 11.2. The van der Waals surface area contributed by atoms with E-state index in [1.54, 1.807) is 0 Å². The third-order valence-electron chi connectivity index (χ3n) is 2.00. The number of halogens is 1. The predicted molar refractivity (Wildman–Crippen MR) is 52.3 cm³/mol. The molecule has 0 aliphatic carbocycles. The molecule has 11 heavy (non-hydrogen) atoms. The average molecular weight is 178 g/mol. The van der Waals surface area contributed by atoms with Crippen molar-refractivity contribution in [1.29, 1.82) is 0 Å². The van der Waals surface area contributed by atoms with Crippen molar-refractivity contribution < 1.29 is 0 Å². The fourth-order valence-electron chi connectivity index (χ4n) is 1.22. The van der Waals surface area contributed by atoms with Crippen molar-refractivity contribution in [2.45, 2.75) is 33.2 Å². The summed E-state index contributed by atoms with van der Waals surface area (Å²) in [5.41, 5.74) is 0. The van der Waals surface area contributed by atoms with Crippen LogP contribution in [-0.4, -0.2) is 30.4 Å². The van der Waals surface area contributed by atoms with E-state index in [0.29, 0.717) is 6.04 Å². The Morgan fingerprint density at radius 3 is 2.18 bits per heavy atom. The zero-order chi connectivity index (χ0) is 8.85. The average Bonchev–Trinajstić information content (AvgIpc) is 1.86. The molecule has 2 heteroatoms. The van der Waals surface area contributed by atoms with E-state index in [9.17, 15) is 0 Å². The van der Waals surface area contributed by atoms with Crippen molar-refractivity contribution in [2.24, 2.45) is 5.92 Å². The van der Waals surface area contributed by atoms with Crippen LogP contribution in [0.5, 0.6) is 0 Å². The van der Waals surface area contributed by atoms with Gasteiger partial charge >= 0.3 is 0 Å². The molecule has 1 unspecified atom stereocenters. The second kappa shape index (κ2) is 5.84. The number of alkyl halides is 1. The van der Waals surface area contributed by atoms with Crippen LogP contribution in [0.2, 0.25) is 0 Å². The Bertz CT molecular complexity index is 93.6. The van der Waals surface area contributed by atoms with Gasteiger partial charge in [0.25, 0.3) is 0 Å². The first-order valence-electron chi connectivity index (χ1n) is 4.34. The molecule has 0 radical (unpaired) electrons. The summed E-state index contributed by atoms with van der Waals surface area (Å²) in [4.78, 5) is 2.31. The van der Waals surface area contributed by atoms with Crippen molar-refractivity contribution in [3.63, 3.8) is 0 Å². The van der Waals surface area contributed by atoms with E-state index in [0.717, 1.165) is 18.3 Å². The van der Waals surface area contributed by atoms with Crippen LogP contribution in [0.4, 0.5) is 0 Å². The van der Waals surface area contributed by atoms with Gasteiger partial charge in [-0.25, -0.2) is 0 Å². The van der Waals surface area contributed by atoms with Gasteiger partial charge in [0, 0.05) is 18.5 Å². The fourth-order valence-corrected chi connectivity index (χ4v) is 1.48. The number of rotatable bonds is 5. The molecule has 1 atom stereocenters. The Balaban J connectivity index is 3.54. The Kier molecular flexibility index (Phi) is 5.98. The minimum atomic E-state index is 0.661. The third-order valence-corrected chi connectivity index (χ3v) is 2.17. The number of hydrogen-bond donors (Lipinski definition) is 0. The van der Waals surface area contributed by atoms with Gasteiger partial charge in [-0.15, -0.1) is 11.6 Å². The Hall–Kier alpha value is 0.250. The van der Waals surface area contributed by atoms with Gasteiger partial charge < -0.3 is 4.90 Å². The van der Waals surface area contributed by atoms with Crippen LogP contribution < -0.4 is 0 Å². The SMILES string of the molecule is CC(C)CC(C)N(C)CCCl. The molecular weight excluding hydrogens is 158 g/mol. The van der Waals surface area contributed by atoms with Crippen molar-refractivity contribution in [3.8, 4) is 0 Å². The molecule has 0 N–H and O–H groups in total. The lowest BCUT2D eigenvalue weighted by Gasteiger charge is -2.25. The fraction of sp³-hybridized carbons (Fsp3) is 1.00. The highest BCUT2D eigenvalue weighted by molar-refractivity contribution is 6.18. The van der Waals surface area contributed by atoms with Crippen molar-refractivity contribution in [3.05, 3.63) is 0 Å². The maximum Gasteiger partial charge on any atom is 0.0351 e. The summed E-state index contributed by atoms with van der Waals surface area (Å²) in [5.74, 6) is 1.52. The topological polar surface area (TPSA) is 3.24 Å². The van der Waals surface area contributed by atoms with E-state index in [2.05, 4.69) is 32.7 Å². The first-order valence-corrected chi connectivity index (χ1v) is 4.87. The van der Waals surface area contributed by atoms with Crippen LogP contribution in [0.15, 0.2) is 0 Å². The molecule has 0 saturated heterocycles. The molecule has 0 aromatic rings. The molecule has 0 heterocycles. The van der Waals surface area contributed by atoms with E-state index in [1.165, 1.54) is 6.42 Å². The highest BCUT2D eigenvalue weighted by Gasteiger charge is 2.09. The Morgan fingerprint density at radius 2 is 1.82 bits per heavy atom. The third kappa shape index (κ3) is 5.51. The van der Waals surface area contributed by atoms with Gasteiger partial charge in [-0.2, -0.15) is 0 Å². The molecule has 0 fully saturated rings. The molecule has 0 bridgehead atoms. The number of nitrogens with zero attached hydrogens (tertiary/aromatic N) is 1. The molecule has 0 aliphatic rings. The van der Waals surface area contributed by atoms with Crippen LogP contribution in [0.1, 0.15) is 27.2 Å². The molecule has 0 aromatic carbocycles. The molecule has 0 rings (SSSR count). The first-order chi connectivity index (χ1) is 5.07. The molecule has 1 nitrogen and oxygen atoms in total. The zero-order valence-corrected chi connectivity index (χ0v) is 8.86. The van der Waals surface area contributed by atoms with Gasteiger partial charge in [0.05, 0.1) is 0 Å². The van der Waals surface area contributed by atoms with E-state index in [1.807, 2.05) is 0 Å². The summed E-state index contributed by atoms with van der Waals surface area (Å²) >= 11 is 5.64. The maximum absolute atomic E-state index is 5.64. The van der Waals surface area contributed by atoms with Crippen molar-refractivity contribution >= 4 is 11.6 Å². The zero-order valence-electron chi connectivity index (χ0n) is 8.10. The molecule has 0 amide bonds. The van der Waals surface area contributed by atoms with Crippen LogP contribution in [0.25, 0.3) is 0 Å². The van der Waals surface area contributed by atoms with Crippen molar-refractivity contribution in [2.75, 3.05) is 19.5 Å². The number of hydrogen-bond acceptors (Lipinski definition) is 1. The van der Waals surface area contributed by atoms with Gasteiger partial charge in [0.1, 0.15) is 0 Å². The standard InChI is InChI=1S/C9H20ClN/c1-8(2)7-9(3)11(4)6-5-10/h8-9H,5-7H2,1-4H3. The minimum absolute atomic E-state index is 0.661. The van der Waals surface area contributed by atoms with Crippen molar-refractivity contribution in [1.82, 2.24) is 4.90 Å². The molecule has 0 saturated carbocycles. The normalized spacial score (nSPS) is 14.5. The second-order valence-corrected chi connectivity index (χ2v) is 4.03. The summed E-state index contributed by atoms with van der Waals surface area (Å²) in [6.45, 7) is 7.76. The Morgan fingerprint density at radius 1 is 1.27 bits per heavy atom. The second-order valence-electron chi connectivity index (χ2n) is 3.65. The van der Waals surface area contributed by atoms with Crippen LogP contribution in [0, 0.1) is 5.92 Å². The van der Waals surface area contributed by atoms with Gasteiger partial charge in [-0.05, 0) is 26.3 Å². The van der Waals surface area contributed by atoms with Crippen LogP contribution >= 0.6 is 11.6 Å². The van der Waals surface area contributed by atoms with Gasteiger partial charge in [0.15, 0.2) is 0 Å². The van der Waals surface area contributed by atoms with E-state index >= 15 is 0 Å². The highest BCUT2D eigenvalue weighted by atomic mass is 35.5. The van der Waals surface area contributed by atoms with Gasteiger partial charge in [-0.1, -0.05) is 13.8 Å². The lowest BCUT2D eigenvalue weighted by molar-refractivity contribution is 0.240. The smallest absolute Gasteiger partial charge is 0.0351 e. The van der Waals surface area contributed by atoms with E-state index in [-0.39, 0.29) is 0 Å². The monoisotopic (exact) mass is 177 g/mol. The Labute approximate surface area is 75.7 Å². The van der Waals surface area contributed by atoms with Gasteiger partial charge in [0.2, 0.25) is 0 Å². The summed E-state index contributed by atoms with van der Waals surface area (Å²) in [6.07, 6.45) is 1.26. The molecule has 0 aromatic heterocycles. The molecule has 0 aliphatic heterocycles. The summed E-state index contributed by atoms with van der Waals surface area (Å²) in [6, 6.07) is 0.661. The summed E-state index contributed by atoms with van der Waals surface area (Å²) in [7, 11) is 2.13. The minimum Gasteiger partial charge on any atom is -0.303 e. The molecule has 68 valence electrons. The molecular formula is C9H20ClN. The van der Waals surface area contributed by atoms with Gasteiger partial charge in [-0.3, -0.25) is 0 Å². The highest BCUT2D eigenvalue weighted by Crippen LogP contribution is 2.08.